The van der Waals surface area contributed by atoms with E-state index in [9.17, 15) is 9.59 Å². The molecule has 6 heteroatoms. The van der Waals surface area contributed by atoms with Gasteiger partial charge in [0, 0.05) is 11.6 Å². The second kappa shape index (κ2) is 8.10. The molecular formula is C18H21N3O3. The van der Waals surface area contributed by atoms with Crippen molar-refractivity contribution in [3.63, 3.8) is 0 Å². The fourth-order valence-electron chi connectivity index (χ4n) is 1.88. The molecule has 0 spiro atoms. The molecule has 1 aromatic carbocycles. The number of hydrogen-bond donors (Lipinski definition) is 2. The molecule has 1 heterocycles. The number of ether oxygens (including phenoxy) is 1. The maximum absolute atomic E-state index is 11.6. The summed E-state index contributed by atoms with van der Waals surface area (Å²) in [6.45, 7) is 5.77. The van der Waals surface area contributed by atoms with E-state index in [1.807, 2.05) is 19.9 Å². The first kappa shape index (κ1) is 17.5. The molecule has 0 aliphatic rings. The maximum Gasteiger partial charge on any atom is 0.338 e. The minimum Gasteiger partial charge on any atom is -0.462 e. The van der Waals surface area contributed by atoms with Gasteiger partial charge in [-0.05, 0) is 43.3 Å². The standard InChI is InChI=1S/C18H21N3O3/c1-4-24-18(23)13-5-7-14(8-6-13)20-15-9-10-16(19-11-15)21-17(22)12(2)3/h5-12,20H,4H2,1-3H3,(H,19,21,22). The van der Waals surface area contributed by atoms with Crippen molar-refractivity contribution < 1.29 is 14.3 Å². The molecule has 6 nitrogen and oxygen atoms in total. The number of anilines is 3. The van der Waals surface area contributed by atoms with E-state index in [-0.39, 0.29) is 17.8 Å². The highest BCUT2D eigenvalue weighted by Gasteiger charge is 2.08. The predicted molar refractivity (Wildman–Crippen MR) is 93.4 cm³/mol. The molecule has 1 aromatic heterocycles. The van der Waals surface area contributed by atoms with E-state index < -0.39 is 0 Å². The van der Waals surface area contributed by atoms with Crippen LogP contribution in [0.1, 0.15) is 31.1 Å². The van der Waals surface area contributed by atoms with Gasteiger partial charge in [-0.15, -0.1) is 0 Å². The van der Waals surface area contributed by atoms with Gasteiger partial charge in [0.25, 0.3) is 0 Å². The van der Waals surface area contributed by atoms with Crippen LogP contribution in [0.15, 0.2) is 42.6 Å². The van der Waals surface area contributed by atoms with Gasteiger partial charge in [0.2, 0.25) is 5.91 Å². The number of nitrogens with zero attached hydrogens (tertiary/aromatic N) is 1. The van der Waals surface area contributed by atoms with Gasteiger partial charge >= 0.3 is 5.97 Å². The van der Waals surface area contributed by atoms with Crippen LogP contribution in [-0.4, -0.2) is 23.5 Å². The first-order valence-electron chi connectivity index (χ1n) is 7.80. The summed E-state index contributed by atoms with van der Waals surface area (Å²) in [7, 11) is 0. The summed E-state index contributed by atoms with van der Waals surface area (Å²) >= 11 is 0. The highest BCUT2D eigenvalue weighted by molar-refractivity contribution is 5.91. The van der Waals surface area contributed by atoms with Gasteiger partial charge in [-0.2, -0.15) is 0 Å². The molecule has 0 unspecified atom stereocenters. The van der Waals surface area contributed by atoms with Gasteiger partial charge in [-0.3, -0.25) is 4.79 Å². The third kappa shape index (κ3) is 4.81. The summed E-state index contributed by atoms with van der Waals surface area (Å²) in [5.41, 5.74) is 2.11. The van der Waals surface area contributed by atoms with E-state index in [4.69, 9.17) is 4.74 Å². The maximum atomic E-state index is 11.6. The Morgan fingerprint density at radius 3 is 2.29 bits per heavy atom. The summed E-state index contributed by atoms with van der Waals surface area (Å²) in [4.78, 5) is 27.4. The molecule has 2 N–H and O–H groups in total. The second-order valence-corrected chi connectivity index (χ2v) is 5.50. The Morgan fingerprint density at radius 1 is 1.08 bits per heavy atom. The normalized spacial score (nSPS) is 10.3. The summed E-state index contributed by atoms with van der Waals surface area (Å²) in [5.74, 6) is 0.00755. The molecule has 2 rings (SSSR count). The molecule has 2 aromatic rings. The lowest BCUT2D eigenvalue weighted by Gasteiger charge is -2.09. The number of rotatable bonds is 6. The van der Waals surface area contributed by atoms with Crippen molar-refractivity contribution in [2.75, 3.05) is 17.2 Å². The number of benzene rings is 1. The van der Waals surface area contributed by atoms with Crippen molar-refractivity contribution >= 4 is 29.1 Å². The Bertz CT molecular complexity index is 694. The van der Waals surface area contributed by atoms with Crippen LogP contribution < -0.4 is 10.6 Å². The number of amides is 1. The SMILES string of the molecule is CCOC(=O)c1ccc(Nc2ccc(NC(=O)C(C)C)nc2)cc1. The predicted octanol–water partition coefficient (Wildman–Crippen LogP) is 3.60. The Kier molecular flexibility index (Phi) is 5.89. The lowest BCUT2D eigenvalue weighted by atomic mass is 10.2. The molecule has 0 saturated carbocycles. The molecular weight excluding hydrogens is 306 g/mol. The fourth-order valence-corrected chi connectivity index (χ4v) is 1.88. The lowest BCUT2D eigenvalue weighted by Crippen LogP contribution is -2.18. The van der Waals surface area contributed by atoms with E-state index in [1.165, 1.54) is 0 Å². The van der Waals surface area contributed by atoms with Crippen LogP contribution in [0.3, 0.4) is 0 Å². The number of nitrogens with one attached hydrogen (secondary N) is 2. The molecule has 0 aliphatic heterocycles. The minimum atomic E-state index is -0.337. The van der Waals surface area contributed by atoms with Crippen molar-refractivity contribution in [2.24, 2.45) is 5.92 Å². The fraction of sp³-hybridized carbons (Fsp3) is 0.278. The number of hydrogen-bond acceptors (Lipinski definition) is 5. The second-order valence-electron chi connectivity index (χ2n) is 5.50. The van der Waals surface area contributed by atoms with Gasteiger partial charge in [0.05, 0.1) is 24.1 Å². The monoisotopic (exact) mass is 327 g/mol. The third-order valence-corrected chi connectivity index (χ3v) is 3.22. The Labute approximate surface area is 141 Å². The van der Waals surface area contributed by atoms with Gasteiger partial charge in [0.15, 0.2) is 0 Å². The van der Waals surface area contributed by atoms with Crippen LogP contribution in [0, 0.1) is 5.92 Å². The third-order valence-electron chi connectivity index (χ3n) is 3.22. The van der Waals surface area contributed by atoms with Crippen molar-refractivity contribution in [1.29, 1.82) is 0 Å². The zero-order valence-corrected chi connectivity index (χ0v) is 14.0. The molecule has 0 atom stereocenters. The number of aromatic nitrogens is 1. The van der Waals surface area contributed by atoms with E-state index >= 15 is 0 Å². The van der Waals surface area contributed by atoms with Gasteiger partial charge in [-0.25, -0.2) is 9.78 Å². The van der Waals surface area contributed by atoms with Crippen LogP contribution in [0.2, 0.25) is 0 Å². The van der Waals surface area contributed by atoms with E-state index in [0.29, 0.717) is 18.0 Å². The molecule has 0 saturated heterocycles. The summed E-state index contributed by atoms with van der Waals surface area (Å²) in [6, 6.07) is 10.5. The smallest absolute Gasteiger partial charge is 0.338 e. The van der Waals surface area contributed by atoms with Crippen molar-refractivity contribution in [3.8, 4) is 0 Å². The van der Waals surface area contributed by atoms with Crippen LogP contribution in [-0.2, 0) is 9.53 Å². The largest absolute Gasteiger partial charge is 0.462 e. The van der Waals surface area contributed by atoms with Crippen LogP contribution in [0.4, 0.5) is 17.2 Å². The first-order chi connectivity index (χ1) is 11.5. The van der Waals surface area contributed by atoms with Gasteiger partial charge < -0.3 is 15.4 Å². The number of carbonyl (C=O) groups excluding carboxylic acids is 2. The van der Waals surface area contributed by atoms with Gasteiger partial charge in [-0.1, -0.05) is 13.8 Å². The molecule has 0 fully saturated rings. The molecule has 0 bridgehead atoms. The van der Waals surface area contributed by atoms with E-state index in [2.05, 4.69) is 15.6 Å². The summed E-state index contributed by atoms with van der Waals surface area (Å²) < 4.78 is 4.94. The number of carbonyl (C=O) groups is 2. The van der Waals surface area contributed by atoms with Crippen molar-refractivity contribution in [2.45, 2.75) is 20.8 Å². The Morgan fingerprint density at radius 2 is 1.75 bits per heavy atom. The highest BCUT2D eigenvalue weighted by atomic mass is 16.5. The van der Waals surface area contributed by atoms with Gasteiger partial charge in [0.1, 0.15) is 5.82 Å². The molecule has 0 radical (unpaired) electrons. The molecule has 126 valence electrons. The topological polar surface area (TPSA) is 80.3 Å². The number of esters is 1. The first-order valence-corrected chi connectivity index (χ1v) is 7.80. The van der Waals surface area contributed by atoms with E-state index in [0.717, 1.165) is 11.4 Å². The summed E-state index contributed by atoms with van der Waals surface area (Å²) in [5, 5.41) is 5.91. The molecule has 24 heavy (non-hydrogen) atoms. The van der Waals surface area contributed by atoms with Crippen LogP contribution in [0.25, 0.3) is 0 Å². The zero-order chi connectivity index (χ0) is 17.5. The highest BCUT2D eigenvalue weighted by Crippen LogP contribution is 2.18. The molecule has 1 amide bonds. The Balaban J connectivity index is 1.98. The number of pyridine rings is 1. The average molecular weight is 327 g/mol. The quantitative estimate of drug-likeness (QED) is 0.792. The summed E-state index contributed by atoms with van der Waals surface area (Å²) in [6.07, 6.45) is 1.63. The average Bonchev–Trinajstić information content (AvgIpc) is 2.57. The Hall–Kier alpha value is -2.89. The van der Waals surface area contributed by atoms with Crippen LogP contribution >= 0.6 is 0 Å². The zero-order valence-electron chi connectivity index (χ0n) is 14.0. The van der Waals surface area contributed by atoms with Crippen molar-refractivity contribution in [1.82, 2.24) is 4.98 Å². The minimum absolute atomic E-state index is 0.0715. The van der Waals surface area contributed by atoms with Crippen molar-refractivity contribution in [3.05, 3.63) is 48.2 Å². The lowest BCUT2D eigenvalue weighted by molar-refractivity contribution is -0.118. The molecule has 0 aliphatic carbocycles. The van der Waals surface area contributed by atoms with Crippen LogP contribution in [0.5, 0.6) is 0 Å². The van der Waals surface area contributed by atoms with E-state index in [1.54, 1.807) is 43.5 Å².